The van der Waals surface area contributed by atoms with Gasteiger partial charge in [0.05, 0.1) is 13.0 Å². The molecular weight excluding hydrogens is 382 g/mol. The highest BCUT2D eigenvalue weighted by Crippen LogP contribution is 2.45. The van der Waals surface area contributed by atoms with E-state index < -0.39 is 0 Å². The number of fused-ring (bicyclic) bond motifs is 1. The first-order valence-corrected chi connectivity index (χ1v) is 8.48. The van der Waals surface area contributed by atoms with Gasteiger partial charge in [-0.1, -0.05) is 22.0 Å². The molecule has 6 heteroatoms. The Hall–Kier alpha value is -2.65. The lowest BCUT2D eigenvalue weighted by atomic mass is 9.83. The number of nitrogens with two attached hydrogens (primary N) is 1. The van der Waals surface area contributed by atoms with E-state index >= 15 is 0 Å². The zero-order chi connectivity index (χ0) is 18.1. The summed E-state index contributed by atoms with van der Waals surface area (Å²) in [7, 11) is 5.53. The highest BCUT2D eigenvalue weighted by atomic mass is 79.9. The van der Waals surface area contributed by atoms with E-state index in [0.717, 1.165) is 21.3 Å². The first-order chi connectivity index (χ1) is 12.0. The van der Waals surface area contributed by atoms with Crippen molar-refractivity contribution in [3.8, 4) is 17.6 Å². The normalized spacial score (nSPS) is 15.9. The van der Waals surface area contributed by atoms with Crippen LogP contribution in [0, 0.1) is 11.3 Å². The molecule has 25 heavy (non-hydrogen) atoms. The van der Waals surface area contributed by atoms with Crippen LogP contribution in [-0.4, -0.2) is 21.2 Å². The number of halogens is 1. The van der Waals surface area contributed by atoms with Crippen molar-refractivity contribution in [2.45, 2.75) is 5.92 Å². The van der Waals surface area contributed by atoms with Gasteiger partial charge < -0.3 is 20.1 Å². The number of rotatable bonds is 3. The van der Waals surface area contributed by atoms with Crippen LogP contribution in [0.4, 0.5) is 5.69 Å². The molecule has 1 atom stereocenters. The predicted molar refractivity (Wildman–Crippen MR) is 101 cm³/mol. The van der Waals surface area contributed by atoms with Gasteiger partial charge in [0.15, 0.2) is 0 Å². The highest BCUT2D eigenvalue weighted by molar-refractivity contribution is 9.10. The number of nitrogens with zero attached hydrogens (tertiary/aromatic N) is 2. The molecule has 0 fully saturated rings. The Kier molecular flexibility index (Phi) is 4.60. The molecule has 2 aromatic rings. The van der Waals surface area contributed by atoms with Crippen molar-refractivity contribution in [3.63, 3.8) is 0 Å². The molecule has 0 saturated carbocycles. The summed E-state index contributed by atoms with van der Waals surface area (Å²) in [6.07, 6.45) is 0. The van der Waals surface area contributed by atoms with Crippen LogP contribution in [0.2, 0.25) is 0 Å². The van der Waals surface area contributed by atoms with Gasteiger partial charge in [-0.15, -0.1) is 0 Å². The van der Waals surface area contributed by atoms with Crippen molar-refractivity contribution in [2.24, 2.45) is 5.73 Å². The maximum atomic E-state index is 9.66. The molecule has 0 bridgehead atoms. The van der Waals surface area contributed by atoms with Gasteiger partial charge >= 0.3 is 0 Å². The molecule has 2 N–H and O–H groups in total. The van der Waals surface area contributed by atoms with Gasteiger partial charge in [0.2, 0.25) is 5.88 Å². The van der Waals surface area contributed by atoms with Crippen LogP contribution in [0.15, 0.2) is 52.3 Å². The molecule has 1 aliphatic rings. The summed E-state index contributed by atoms with van der Waals surface area (Å²) in [6, 6.07) is 13.8. The lowest BCUT2D eigenvalue weighted by molar-refractivity contribution is 0.393. The Morgan fingerprint density at radius 3 is 2.60 bits per heavy atom. The lowest BCUT2D eigenvalue weighted by Crippen LogP contribution is -2.22. The highest BCUT2D eigenvalue weighted by Gasteiger charge is 2.32. The maximum absolute atomic E-state index is 9.66. The van der Waals surface area contributed by atoms with Gasteiger partial charge in [0.25, 0.3) is 0 Å². The molecule has 0 amide bonds. The molecule has 3 rings (SSSR count). The SMILES string of the molecule is COc1ccc(Br)c(C2C(C#N)=C(N)Oc3cc(N(C)C)ccc32)c1. The number of ether oxygens (including phenoxy) is 2. The number of benzene rings is 2. The zero-order valence-corrected chi connectivity index (χ0v) is 15.8. The van der Waals surface area contributed by atoms with E-state index in [-0.39, 0.29) is 11.8 Å². The third kappa shape index (κ3) is 3.03. The molecule has 2 aromatic carbocycles. The van der Waals surface area contributed by atoms with Gasteiger partial charge in [-0.05, 0) is 29.8 Å². The van der Waals surface area contributed by atoms with Crippen molar-refractivity contribution in [1.29, 1.82) is 5.26 Å². The van der Waals surface area contributed by atoms with Crippen LogP contribution in [0.25, 0.3) is 0 Å². The minimum absolute atomic E-state index is 0.130. The number of allylic oxidation sites excluding steroid dienone is 1. The molecule has 1 heterocycles. The topological polar surface area (TPSA) is 71.5 Å². The number of methoxy groups -OCH3 is 1. The van der Waals surface area contributed by atoms with Crippen molar-refractivity contribution >= 4 is 21.6 Å². The Labute approximate surface area is 155 Å². The average Bonchev–Trinajstić information content (AvgIpc) is 2.60. The summed E-state index contributed by atoms with van der Waals surface area (Å²) >= 11 is 3.58. The molecule has 0 aliphatic carbocycles. The first kappa shape index (κ1) is 17.2. The fraction of sp³-hybridized carbons (Fsp3) is 0.211. The van der Waals surface area contributed by atoms with E-state index in [4.69, 9.17) is 15.2 Å². The molecular formula is C19H18BrN3O2. The fourth-order valence-corrected chi connectivity index (χ4v) is 3.39. The minimum Gasteiger partial charge on any atom is -0.497 e. The lowest BCUT2D eigenvalue weighted by Gasteiger charge is -2.28. The van der Waals surface area contributed by atoms with E-state index in [1.54, 1.807) is 7.11 Å². The summed E-state index contributed by atoms with van der Waals surface area (Å²) in [5.74, 6) is 1.18. The third-order valence-electron chi connectivity index (χ3n) is 4.23. The van der Waals surface area contributed by atoms with Crippen molar-refractivity contribution in [3.05, 3.63) is 63.5 Å². The predicted octanol–water partition coefficient (Wildman–Crippen LogP) is 3.74. The molecule has 128 valence electrons. The number of nitriles is 1. The quantitative estimate of drug-likeness (QED) is 0.850. The molecule has 0 radical (unpaired) electrons. The molecule has 1 aliphatic heterocycles. The van der Waals surface area contributed by atoms with Gasteiger partial charge in [0.1, 0.15) is 23.1 Å². The molecule has 1 unspecified atom stereocenters. The maximum Gasteiger partial charge on any atom is 0.205 e. The standard InChI is InChI=1S/C19H18BrN3O2/c1-23(2)11-4-6-13-17(8-11)25-19(22)15(10-21)18(13)14-9-12(24-3)5-7-16(14)20/h4-9,18H,22H2,1-3H3. The third-order valence-corrected chi connectivity index (χ3v) is 4.96. The Bertz CT molecular complexity index is 900. The van der Waals surface area contributed by atoms with E-state index in [0.29, 0.717) is 17.1 Å². The Balaban J connectivity index is 2.23. The van der Waals surface area contributed by atoms with Gasteiger partial charge in [-0.25, -0.2) is 0 Å². The van der Waals surface area contributed by atoms with E-state index in [9.17, 15) is 5.26 Å². The molecule has 5 nitrogen and oxygen atoms in total. The molecule has 0 saturated heterocycles. The zero-order valence-electron chi connectivity index (χ0n) is 14.2. The van der Waals surface area contributed by atoms with Gasteiger partial charge in [0, 0.05) is 35.9 Å². The van der Waals surface area contributed by atoms with Gasteiger partial charge in [-0.2, -0.15) is 5.26 Å². The number of hydrogen-bond donors (Lipinski definition) is 1. The van der Waals surface area contributed by atoms with Crippen LogP contribution < -0.4 is 20.1 Å². The first-order valence-electron chi connectivity index (χ1n) is 7.68. The summed E-state index contributed by atoms with van der Waals surface area (Å²) in [5.41, 5.74) is 9.23. The van der Waals surface area contributed by atoms with Crippen molar-refractivity contribution < 1.29 is 9.47 Å². The van der Waals surface area contributed by atoms with Crippen LogP contribution in [0.3, 0.4) is 0 Å². The van der Waals surface area contributed by atoms with Crippen LogP contribution in [-0.2, 0) is 0 Å². The molecule has 0 aromatic heterocycles. The number of hydrogen-bond acceptors (Lipinski definition) is 5. The van der Waals surface area contributed by atoms with Crippen LogP contribution >= 0.6 is 15.9 Å². The van der Waals surface area contributed by atoms with Crippen molar-refractivity contribution in [1.82, 2.24) is 0 Å². The average molecular weight is 400 g/mol. The summed E-state index contributed by atoms with van der Waals surface area (Å²) in [4.78, 5) is 1.99. The Morgan fingerprint density at radius 2 is 1.96 bits per heavy atom. The van der Waals surface area contributed by atoms with Crippen molar-refractivity contribution in [2.75, 3.05) is 26.1 Å². The minimum atomic E-state index is -0.325. The van der Waals surface area contributed by atoms with Crippen LogP contribution in [0.1, 0.15) is 17.0 Å². The van der Waals surface area contributed by atoms with Crippen LogP contribution in [0.5, 0.6) is 11.5 Å². The second-order valence-electron chi connectivity index (χ2n) is 5.93. The second kappa shape index (κ2) is 6.69. The second-order valence-corrected chi connectivity index (χ2v) is 6.78. The summed E-state index contributed by atoms with van der Waals surface area (Å²) in [6.45, 7) is 0. The van der Waals surface area contributed by atoms with E-state index in [1.165, 1.54) is 0 Å². The summed E-state index contributed by atoms with van der Waals surface area (Å²) < 4.78 is 12.0. The fourth-order valence-electron chi connectivity index (χ4n) is 2.91. The van der Waals surface area contributed by atoms with E-state index in [1.807, 2.05) is 55.4 Å². The van der Waals surface area contributed by atoms with Gasteiger partial charge in [-0.3, -0.25) is 0 Å². The number of anilines is 1. The monoisotopic (exact) mass is 399 g/mol. The largest absolute Gasteiger partial charge is 0.497 e. The van der Waals surface area contributed by atoms with E-state index in [2.05, 4.69) is 22.0 Å². The molecule has 0 spiro atoms. The summed E-state index contributed by atoms with van der Waals surface area (Å²) in [5, 5.41) is 9.66. The Morgan fingerprint density at radius 1 is 1.20 bits per heavy atom. The smallest absolute Gasteiger partial charge is 0.205 e.